The maximum absolute atomic E-state index is 11.8. The molecule has 0 aliphatic carbocycles. The van der Waals surface area contributed by atoms with Crippen LogP contribution in [0.1, 0.15) is 33.6 Å². The Kier molecular flexibility index (Phi) is 7.06. The van der Waals surface area contributed by atoms with Gasteiger partial charge in [-0.3, -0.25) is 14.5 Å². The van der Waals surface area contributed by atoms with E-state index in [1.807, 2.05) is 20.8 Å². The number of hydrogen-bond acceptors (Lipinski definition) is 3. The fraction of sp³-hybridized carbons (Fsp3) is 0.692. The number of aliphatic carboxylic acids is 1. The second-order valence-electron chi connectivity index (χ2n) is 4.18. The van der Waals surface area contributed by atoms with Crippen molar-refractivity contribution in [2.75, 3.05) is 19.6 Å². The molecule has 18 heavy (non-hydrogen) atoms. The van der Waals surface area contributed by atoms with Crippen LogP contribution < -0.4 is 5.32 Å². The van der Waals surface area contributed by atoms with Crippen molar-refractivity contribution in [2.45, 2.75) is 39.2 Å². The van der Waals surface area contributed by atoms with Crippen LogP contribution >= 0.6 is 0 Å². The van der Waals surface area contributed by atoms with Crippen LogP contribution in [-0.2, 0) is 9.59 Å². The van der Waals surface area contributed by atoms with E-state index >= 15 is 0 Å². The summed E-state index contributed by atoms with van der Waals surface area (Å²) in [5.41, 5.74) is -0.625. The van der Waals surface area contributed by atoms with Crippen LogP contribution in [0.15, 0.2) is 0 Å². The van der Waals surface area contributed by atoms with Crippen molar-refractivity contribution >= 4 is 11.9 Å². The third kappa shape index (κ3) is 5.19. The normalized spacial score (nSPS) is 11.1. The zero-order valence-corrected chi connectivity index (χ0v) is 11.3. The number of carbonyl (C=O) groups excluding carboxylic acids is 1. The minimum atomic E-state index is -0.946. The molecule has 102 valence electrons. The van der Waals surface area contributed by atoms with E-state index < -0.39 is 11.5 Å². The second-order valence-corrected chi connectivity index (χ2v) is 4.18. The molecule has 0 fully saturated rings. The Morgan fingerprint density at radius 2 is 1.83 bits per heavy atom. The van der Waals surface area contributed by atoms with Crippen molar-refractivity contribution in [1.29, 1.82) is 0 Å². The number of hydrogen-bond donors (Lipinski definition) is 2. The van der Waals surface area contributed by atoms with E-state index in [0.29, 0.717) is 19.4 Å². The van der Waals surface area contributed by atoms with Crippen molar-refractivity contribution < 1.29 is 14.7 Å². The van der Waals surface area contributed by atoms with Crippen LogP contribution in [0, 0.1) is 12.3 Å². The smallest absolute Gasteiger partial charge is 0.317 e. The van der Waals surface area contributed by atoms with Crippen molar-refractivity contribution in [2.24, 2.45) is 0 Å². The van der Waals surface area contributed by atoms with E-state index in [4.69, 9.17) is 11.5 Å². The summed E-state index contributed by atoms with van der Waals surface area (Å²) in [6.45, 7) is 6.04. The molecule has 0 aromatic heterocycles. The molecule has 0 bridgehead atoms. The summed E-state index contributed by atoms with van der Waals surface area (Å²) in [6.07, 6.45) is 6.75. The van der Waals surface area contributed by atoms with E-state index in [1.165, 1.54) is 0 Å². The van der Waals surface area contributed by atoms with Crippen LogP contribution in [0.3, 0.4) is 0 Å². The van der Waals surface area contributed by atoms with Gasteiger partial charge in [-0.15, -0.1) is 6.42 Å². The highest BCUT2D eigenvalue weighted by Gasteiger charge is 2.26. The molecule has 0 aliphatic heterocycles. The summed E-state index contributed by atoms with van der Waals surface area (Å²) >= 11 is 0. The molecule has 0 saturated heterocycles. The minimum Gasteiger partial charge on any atom is -0.480 e. The molecule has 0 spiro atoms. The van der Waals surface area contributed by atoms with Gasteiger partial charge in [0, 0.05) is 0 Å². The molecular formula is C13H22N2O3. The summed E-state index contributed by atoms with van der Waals surface area (Å²) in [5.74, 6) is 1.43. The summed E-state index contributed by atoms with van der Waals surface area (Å²) < 4.78 is 0. The number of carbonyl (C=O) groups is 2. The zero-order chi connectivity index (χ0) is 14.2. The first kappa shape index (κ1) is 16.5. The van der Waals surface area contributed by atoms with Gasteiger partial charge < -0.3 is 10.4 Å². The largest absolute Gasteiger partial charge is 0.480 e. The molecule has 0 aromatic rings. The lowest BCUT2D eigenvalue weighted by Gasteiger charge is -2.28. The van der Waals surface area contributed by atoms with E-state index in [-0.39, 0.29) is 19.0 Å². The monoisotopic (exact) mass is 254 g/mol. The summed E-state index contributed by atoms with van der Waals surface area (Å²) in [5, 5.41) is 11.5. The van der Waals surface area contributed by atoms with Crippen molar-refractivity contribution in [1.82, 2.24) is 10.2 Å². The van der Waals surface area contributed by atoms with Crippen molar-refractivity contribution in [3.05, 3.63) is 0 Å². The Morgan fingerprint density at radius 3 is 2.17 bits per heavy atom. The molecule has 0 aliphatic rings. The van der Waals surface area contributed by atoms with Gasteiger partial charge in [-0.05, 0) is 19.4 Å². The molecular weight excluding hydrogens is 232 g/mol. The maximum atomic E-state index is 11.8. The van der Waals surface area contributed by atoms with Crippen LogP contribution in [0.25, 0.3) is 0 Å². The summed E-state index contributed by atoms with van der Waals surface area (Å²) in [6, 6.07) is 0. The van der Waals surface area contributed by atoms with E-state index in [2.05, 4.69) is 11.2 Å². The third-order valence-corrected chi connectivity index (χ3v) is 3.04. The molecule has 2 N–H and O–H groups in total. The SMILES string of the molecule is C#CC(CC)(CC)NC(=O)CN(CC)CC(=O)O. The fourth-order valence-corrected chi connectivity index (χ4v) is 1.65. The number of likely N-dealkylation sites (N-methyl/N-ethyl adjacent to an activating group) is 1. The van der Waals surface area contributed by atoms with Gasteiger partial charge in [0.05, 0.1) is 13.1 Å². The van der Waals surface area contributed by atoms with Gasteiger partial charge >= 0.3 is 5.97 Å². The van der Waals surface area contributed by atoms with Gasteiger partial charge in [0.25, 0.3) is 0 Å². The Hall–Kier alpha value is -1.54. The number of amides is 1. The number of terminal acetylenes is 1. The molecule has 1 amide bonds. The predicted molar refractivity (Wildman–Crippen MR) is 70.0 cm³/mol. The van der Waals surface area contributed by atoms with Gasteiger partial charge in [0.2, 0.25) is 5.91 Å². The summed E-state index contributed by atoms with van der Waals surface area (Å²) in [7, 11) is 0. The molecule has 0 radical (unpaired) electrons. The zero-order valence-electron chi connectivity index (χ0n) is 11.3. The van der Waals surface area contributed by atoms with Crippen LogP contribution in [0.2, 0.25) is 0 Å². The first-order valence-corrected chi connectivity index (χ1v) is 6.15. The Morgan fingerprint density at radius 1 is 1.28 bits per heavy atom. The number of carboxylic acids is 1. The average molecular weight is 254 g/mol. The van der Waals surface area contributed by atoms with Crippen LogP contribution in [0.4, 0.5) is 0 Å². The Bertz CT molecular complexity index is 330. The number of carboxylic acid groups (broad SMARTS) is 1. The first-order valence-electron chi connectivity index (χ1n) is 6.15. The summed E-state index contributed by atoms with van der Waals surface area (Å²) in [4.78, 5) is 24.0. The quantitative estimate of drug-likeness (QED) is 0.626. The molecule has 0 heterocycles. The molecule has 0 unspecified atom stereocenters. The Balaban J connectivity index is 4.49. The van der Waals surface area contributed by atoms with Crippen LogP contribution in [-0.4, -0.2) is 47.1 Å². The Labute approximate surface area is 109 Å². The highest BCUT2D eigenvalue weighted by atomic mass is 16.4. The van der Waals surface area contributed by atoms with Gasteiger partial charge in [-0.1, -0.05) is 26.7 Å². The standard InChI is InChI=1S/C13H22N2O3/c1-5-13(6-2,7-3)14-11(16)9-15(8-4)10-12(17)18/h1H,6-10H2,2-4H3,(H,14,16)(H,17,18). The van der Waals surface area contributed by atoms with Gasteiger partial charge in [0.15, 0.2) is 0 Å². The van der Waals surface area contributed by atoms with Gasteiger partial charge in [-0.2, -0.15) is 0 Å². The lowest BCUT2D eigenvalue weighted by Crippen LogP contribution is -2.50. The van der Waals surface area contributed by atoms with Gasteiger partial charge in [0.1, 0.15) is 5.54 Å². The second kappa shape index (κ2) is 7.72. The molecule has 5 heteroatoms. The fourth-order valence-electron chi connectivity index (χ4n) is 1.65. The highest BCUT2D eigenvalue weighted by molar-refractivity contribution is 5.80. The lowest BCUT2D eigenvalue weighted by atomic mass is 9.94. The van der Waals surface area contributed by atoms with Crippen molar-refractivity contribution in [3.63, 3.8) is 0 Å². The number of nitrogens with one attached hydrogen (secondary N) is 1. The average Bonchev–Trinajstić information content (AvgIpc) is 2.34. The minimum absolute atomic E-state index is 0.0478. The van der Waals surface area contributed by atoms with Gasteiger partial charge in [-0.25, -0.2) is 0 Å². The third-order valence-electron chi connectivity index (χ3n) is 3.04. The molecule has 0 atom stereocenters. The molecule has 0 saturated carbocycles. The molecule has 5 nitrogen and oxygen atoms in total. The van der Waals surface area contributed by atoms with E-state index in [9.17, 15) is 9.59 Å². The first-order chi connectivity index (χ1) is 8.42. The predicted octanol–water partition coefficient (Wildman–Crippen LogP) is 0.701. The number of nitrogens with zero attached hydrogens (tertiary/aromatic N) is 1. The molecule has 0 rings (SSSR count). The topological polar surface area (TPSA) is 69.6 Å². The highest BCUT2D eigenvalue weighted by Crippen LogP contribution is 2.13. The van der Waals surface area contributed by atoms with E-state index in [1.54, 1.807) is 4.90 Å². The maximum Gasteiger partial charge on any atom is 0.317 e. The number of rotatable bonds is 8. The van der Waals surface area contributed by atoms with Crippen molar-refractivity contribution in [3.8, 4) is 12.3 Å². The van der Waals surface area contributed by atoms with E-state index in [0.717, 1.165) is 0 Å². The van der Waals surface area contributed by atoms with Crippen LogP contribution in [0.5, 0.6) is 0 Å². The molecule has 0 aromatic carbocycles. The lowest BCUT2D eigenvalue weighted by molar-refractivity contribution is -0.138.